The molecule has 0 amide bonds. The Balaban J connectivity index is 1.98. The number of likely N-dealkylation sites (N-methyl/N-ethyl adjacent to an activating group) is 1. The van der Waals surface area contributed by atoms with Crippen LogP contribution in [0.25, 0.3) is 0 Å². The van der Waals surface area contributed by atoms with Gasteiger partial charge in [0, 0.05) is 31.6 Å². The Labute approximate surface area is 108 Å². The van der Waals surface area contributed by atoms with Gasteiger partial charge in [0.25, 0.3) is 0 Å². The van der Waals surface area contributed by atoms with Crippen molar-refractivity contribution < 1.29 is 0 Å². The molecule has 0 fully saturated rings. The molecule has 17 heavy (non-hydrogen) atoms. The van der Waals surface area contributed by atoms with Crippen molar-refractivity contribution in [1.29, 1.82) is 0 Å². The van der Waals surface area contributed by atoms with Crippen LogP contribution in [0.3, 0.4) is 0 Å². The van der Waals surface area contributed by atoms with E-state index in [1.807, 2.05) is 6.07 Å². The molecule has 0 bridgehead atoms. The molecule has 0 radical (unpaired) electrons. The third-order valence-corrected chi connectivity index (χ3v) is 3.53. The molecule has 1 heterocycles. The van der Waals surface area contributed by atoms with Gasteiger partial charge in [0.15, 0.2) is 0 Å². The molecule has 0 unspecified atom stereocenters. The van der Waals surface area contributed by atoms with Gasteiger partial charge in [-0.25, -0.2) is 9.97 Å². The number of aromatic nitrogens is 2. The van der Waals surface area contributed by atoms with Crippen molar-refractivity contribution in [3.63, 3.8) is 0 Å². The Hall–Kier alpha value is -0.650. The predicted octanol–water partition coefficient (Wildman–Crippen LogP) is 1.50. The van der Waals surface area contributed by atoms with Gasteiger partial charge in [-0.2, -0.15) is 0 Å². The van der Waals surface area contributed by atoms with E-state index in [9.17, 15) is 0 Å². The van der Waals surface area contributed by atoms with Crippen LogP contribution in [0, 0.1) is 0 Å². The molecule has 0 atom stereocenters. The van der Waals surface area contributed by atoms with Crippen LogP contribution >= 0.6 is 11.8 Å². The van der Waals surface area contributed by atoms with Crippen LogP contribution in [0.15, 0.2) is 23.6 Å². The summed E-state index contributed by atoms with van der Waals surface area (Å²) in [6.45, 7) is 9.89. The topological polar surface area (TPSA) is 41.0 Å². The van der Waals surface area contributed by atoms with Crippen molar-refractivity contribution in [3.8, 4) is 0 Å². The lowest BCUT2D eigenvalue weighted by atomic mass is 10.4. The number of thioether (sulfide) groups is 1. The molecule has 0 aliphatic carbocycles. The molecule has 0 aliphatic heterocycles. The average Bonchev–Trinajstić information content (AvgIpc) is 2.39. The molecule has 1 N–H and O–H groups in total. The minimum atomic E-state index is 1.02. The van der Waals surface area contributed by atoms with Crippen LogP contribution < -0.4 is 5.32 Å². The Kier molecular flexibility index (Phi) is 7.96. The monoisotopic (exact) mass is 254 g/mol. The van der Waals surface area contributed by atoms with E-state index >= 15 is 0 Å². The second-order valence-corrected chi connectivity index (χ2v) is 4.79. The van der Waals surface area contributed by atoms with E-state index in [1.165, 1.54) is 0 Å². The van der Waals surface area contributed by atoms with Crippen LogP contribution in [0.1, 0.15) is 13.8 Å². The first kappa shape index (κ1) is 14.4. The zero-order valence-corrected chi connectivity index (χ0v) is 11.5. The van der Waals surface area contributed by atoms with E-state index < -0.39 is 0 Å². The highest BCUT2D eigenvalue weighted by atomic mass is 32.2. The average molecular weight is 254 g/mol. The van der Waals surface area contributed by atoms with Gasteiger partial charge >= 0.3 is 0 Å². The van der Waals surface area contributed by atoms with E-state index in [4.69, 9.17) is 0 Å². The van der Waals surface area contributed by atoms with E-state index in [-0.39, 0.29) is 0 Å². The summed E-state index contributed by atoms with van der Waals surface area (Å²) in [7, 11) is 0. The minimum Gasteiger partial charge on any atom is -0.315 e. The van der Waals surface area contributed by atoms with E-state index in [2.05, 4.69) is 34.0 Å². The van der Waals surface area contributed by atoms with E-state index in [1.54, 1.807) is 24.3 Å². The van der Waals surface area contributed by atoms with Gasteiger partial charge in [-0.05, 0) is 19.2 Å². The second kappa shape index (κ2) is 9.39. The fourth-order valence-corrected chi connectivity index (χ4v) is 2.23. The van der Waals surface area contributed by atoms with Gasteiger partial charge in [0.2, 0.25) is 0 Å². The molecule has 5 heteroatoms. The van der Waals surface area contributed by atoms with Gasteiger partial charge < -0.3 is 10.2 Å². The summed E-state index contributed by atoms with van der Waals surface area (Å²) in [6.07, 6.45) is 3.37. The smallest absolute Gasteiger partial charge is 0.116 e. The third kappa shape index (κ3) is 6.61. The first-order valence-corrected chi connectivity index (χ1v) is 7.17. The van der Waals surface area contributed by atoms with Crippen LogP contribution in [0.5, 0.6) is 0 Å². The summed E-state index contributed by atoms with van der Waals surface area (Å²) >= 11 is 1.76. The summed E-state index contributed by atoms with van der Waals surface area (Å²) < 4.78 is 0. The second-order valence-electron chi connectivity index (χ2n) is 3.67. The predicted molar refractivity (Wildman–Crippen MR) is 73.4 cm³/mol. The maximum Gasteiger partial charge on any atom is 0.116 e. The maximum absolute atomic E-state index is 4.17. The normalized spacial score (nSPS) is 11.0. The summed E-state index contributed by atoms with van der Waals surface area (Å²) in [5.74, 6) is 1.05. The molecule has 0 aromatic carbocycles. The van der Waals surface area contributed by atoms with Gasteiger partial charge in [-0.15, -0.1) is 11.8 Å². The highest BCUT2D eigenvalue weighted by Crippen LogP contribution is 2.11. The number of nitrogens with zero attached hydrogens (tertiary/aromatic N) is 3. The molecule has 4 nitrogen and oxygen atoms in total. The SMILES string of the molecule is CCN(CC)CCNCCSc1ccncn1. The molecule has 0 spiro atoms. The molecular weight excluding hydrogens is 232 g/mol. The first-order chi connectivity index (χ1) is 8.36. The molecular formula is C12H22N4S. The van der Waals surface area contributed by atoms with E-state index in [0.29, 0.717) is 0 Å². The first-order valence-electron chi connectivity index (χ1n) is 6.18. The Bertz CT molecular complexity index is 277. The van der Waals surface area contributed by atoms with Crippen LogP contribution in [0.4, 0.5) is 0 Å². The quantitative estimate of drug-likeness (QED) is 0.411. The van der Waals surface area contributed by atoms with Gasteiger partial charge in [0.05, 0.1) is 5.03 Å². The fraction of sp³-hybridized carbons (Fsp3) is 0.667. The molecule has 0 saturated heterocycles. The Morgan fingerprint density at radius 2 is 2.12 bits per heavy atom. The van der Waals surface area contributed by atoms with Gasteiger partial charge in [0.1, 0.15) is 6.33 Å². The lowest BCUT2D eigenvalue weighted by Gasteiger charge is -2.17. The lowest BCUT2D eigenvalue weighted by molar-refractivity contribution is 0.303. The maximum atomic E-state index is 4.17. The van der Waals surface area contributed by atoms with Gasteiger partial charge in [-0.1, -0.05) is 13.8 Å². The Morgan fingerprint density at radius 3 is 2.76 bits per heavy atom. The summed E-state index contributed by atoms with van der Waals surface area (Å²) in [5.41, 5.74) is 0. The Morgan fingerprint density at radius 1 is 1.29 bits per heavy atom. The van der Waals surface area contributed by atoms with Crippen molar-refractivity contribution >= 4 is 11.8 Å². The molecule has 0 saturated carbocycles. The van der Waals surface area contributed by atoms with E-state index in [0.717, 1.165) is 43.5 Å². The minimum absolute atomic E-state index is 1.02. The molecule has 0 aliphatic rings. The van der Waals surface area contributed by atoms with Crippen molar-refractivity contribution in [1.82, 2.24) is 20.2 Å². The molecule has 1 aromatic heterocycles. The number of nitrogens with one attached hydrogen (secondary N) is 1. The van der Waals surface area contributed by atoms with Crippen molar-refractivity contribution in [3.05, 3.63) is 18.6 Å². The molecule has 1 rings (SSSR count). The lowest BCUT2D eigenvalue weighted by Crippen LogP contribution is -2.32. The number of hydrogen-bond acceptors (Lipinski definition) is 5. The third-order valence-electron chi connectivity index (χ3n) is 2.58. The zero-order chi connectivity index (χ0) is 12.3. The standard InChI is InChI=1S/C12H22N4S/c1-3-16(4-2)9-7-13-8-10-17-12-5-6-14-11-15-12/h5-6,11,13H,3-4,7-10H2,1-2H3. The summed E-state index contributed by atoms with van der Waals surface area (Å²) in [6, 6.07) is 1.95. The zero-order valence-electron chi connectivity index (χ0n) is 10.7. The summed E-state index contributed by atoms with van der Waals surface area (Å²) in [4.78, 5) is 10.5. The summed E-state index contributed by atoms with van der Waals surface area (Å²) in [5, 5.41) is 4.50. The fourth-order valence-electron chi connectivity index (χ4n) is 1.49. The van der Waals surface area contributed by atoms with Crippen LogP contribution in [-0.2, 0) is 0 Å². The largest absolute Gasteiger partial charge is 0.315 e. The number of rotatable bonds is 9. The van der Waals surface area contributed by atoms with Crippen molar-refractivity contribution in [2.75, 3.05) is 38.5 Å². The highest BCUT2D eigenvalue weighted by molar-refractivity contribution is 7.99. The van der Waals surface area contributed by atoms with Crippen LogP contribution in [0.2, 0.25) is 0 Å². The van der Waals surface area contributed by atoms with Crippen molar-refractivity contribution in [2.24, 2.45) is 0 Å². The molecule has 96 valence electrons. The van der Waals surface area contributed by atoms with Gasteiger partial charge in [-0.3, -0.25) is 0 Å². The highest BCUT2D eigenvalue weighted by Gasteiger charge is 1.98. The number of hydrogen-bond donors (Lipinski definition) is 1. The van der Waals surface area contributed by atoms with Crippen molar-refractivity contribution in [2.45, 2.75) is 18.9 Å². The molecule has 1 aromatic rings. The van der Waals surface area contributed by atoms with Crippen LogP contribution in [-0.4, -0.2) is 53.3 Å².